The van der Waals surface area contributed by atoms with Gasteiger partial charge in [-0.3, -0.25) is 4.79 Å². The van der Waals surface area contributed by atoms with Crippen LogP contribution in [0.25, 0.3) is 10.8 Å². The van der Waals surface area contributed by atoms with Crippen molar-refractivity contribution in [1.29, 1.82) is 0 Å². The van der Waals surface area contributed by atoms with E-state index in [-0.39, 0.29) is 10.5 Å². The lowest BCUT2D eigenvalue weighted by molar-refractivity contribution is 0.0981. The zero-order valence-corrected chi connectivity index (χ0v) is 19.3. The molecule has 0 aliphatic carbocycles. The zero-order valence-electron chi connectivity index (χ0n) is 17.7. The molecule has 0 aliphatic heterocycles. The Morgan fingerprint density at radius 3 is 1.97 bits per heavy atom. The number of nitrogens with one attached hydrogen (secondary N) is 3. The molecule has 6 nitrogen and oxygen atoms in total. The second-order valence-electron chi connectivity index (χ2n) is 7.47. The number of fused-ring (bicyclic) bond motifs is 1. The van der Waals surface area contributed by atoms with E-state index in [9.17, 15) is 13.2 Å². The molecular weight excluding hydrogens is 454 g/mol. The van der Waals surface area contributed by atoms with Crippen molar-refractivity contribution in [2.24, 2.45) is 0 Å². The number of aryl methyl sites for hydroxylation is 1. The van der Waals surface area contributed by atoms with Gasteiger partial charge in [0.25, 0.3) is 15.9 Å². The molecule has 1 amide bonds. The average molecular weight is 476 g/mol. The lowest BCUT2D eigenvalue weighted by Crippen LogP contribution is -2.30. The van der Waals surface area contributed by atoms with Gasteiger partial charge in [-0.25, -0.2) is 13.1 Å². The molecule has 0 bridgehead atoms. The van der Waals surface area contributed by atoms with E-state index < -0.39 is 15.9 Å². The average Bonchev–Trinajstić information content (AvgIpc) is 2.80. The third-order valence-corrected chi connectivity index (χ3v) is 6.52. The second kappa shape index (κ2) is 9.40. The van der Waals surface area contributed by atoms with Crippen LogP contribution in [0.3, 0.4) is 0 Å². The maximum Gasteiger partial charge on any atom is 0.265 e. The fourth-order valence-electron chi connectivity index (χ4n) is 3.22. The Kier molecular flexibility index (Phi) is 6.39. The topological polar surface area (TPSA) is 87.3 Å². The number of amides is 1. The van der Waals surface area contributed by atoms with Gasteiger partial charge in [0.05, 0.1) is 4.90 Å². The molecule has 0 atom stereocenters. The molecule has 0 fully saturated rings. The Morgan fingerprint density at radius 1 is 0.758 bits per heavy atom. The van der Waals surface area contributed by atoms with Crippen molar-refractivity contribution >= 4 is 55.4 Å². The van der Waals surface area contributed by atoms with Gasteiger partial charge < -0.3 is 10.6 Å². The number of rotatable bonds is 5. The Hall–Kier alpha value is -3.75. The second-order valence-corrected chi connectivity index (χ2v) is 9.56. The number of carbonyl (C=O) groups excluding carboxylic acids is 1. The Morgan fingerprint density at radius 2 is 1.33 bits per heavy atom. The van der Waals surface area contributed by atoms with Crippen molar-refractivity contribution in [2.45, 2.75) is 11.8 Å². The highest BCUT2D eigenvalue weighted by atomic mass is 32.2. The quantitative estimate of drug-likeness (QED) is 0.349. The molecule has 0 radical (unpaired) electrons. The standard InChI is InChI=1S/C25H21N3O3S2/c1-17-6-10-21(11-7-17)26-25(32)27-22-12-14-23(15-13-22)33(30,31)28-24(29)20-9-8-18-4-2-3-5-19(18)16-20/h2-16H,1H3,(H,28,29)(H2,26,27,32). The number of anilines is 2. The highest BCUT2D eigenvalue weighted by molar-refractivity contribution is 7.90. The van der Waals surface area contributed by atoms with E-state index in [2.05, 4.69) is 15.4 Å². The third kappa shape index (κ3) is 5.54. The summed E-state index contributed by atoms with van der Waals surface area (Å²) < 4.78 is 27.5. The molecule has 0 aromatic heterocycles. The van der Waals surface area contributed by atoms with Gasteiger partial charge in [0.2, 0.25) is 0 Å². The van der Waals surface area contributed by atoms with Gasteiger partial charge in [-0.05, 0) is 78.4 Å². The highest BCUT2D eigenvalue weighted by Gasteiger charge is 2.19. The van der Waals surface area contributed by atoms with E-state index in [4.69, 9.17) is 12.2 Å². The molecule has 0 aliphatic rings. The molecule has 0 spiro atoms. The fourth-order valence-corrected chi connectivity index (χ4v) is 4.43. The first-order valence-electron chi connectivity index (χ1n) is 10.1. The predicted octanol–water partition coefficient (Wildman–Crippen LogP) is 5.08. The van der Waals surface area contributed by atoms with Crippen LogP contribution < -0.4 is 15.4 Å². The zero-order chi connectivity index (χ0) is 23.4. The first-order valence-corrected chi connectivity index (χ1v) is 12.0. The number of hydrogen-bond acceptors (Lipinski definition) is 4. The van der Waals surface area contributed by atoms with Gasteiger partial charge >= 0.3 is 0 Å². The third-order valence-electron chi connectivity index (χ3n) is 4.97. The Bertz CT molecular complexity index is 1430. The molecule has 0 heterocycles. The van der Waals surface area contributed by atoms with Crippen molar-refractivity contribution in [3.63, 3.8) is 0 Å². The molecule has 0 saturated heterocycles. The van der Waals surface area contributed by atoms with Crippen LogP contribution in [0.15, 0.2) is 95.9 Å². The van der Waals surface area contributed by atoms with E-state index >= 15 is 0 Å². The summed E-state index contributed by atoms with van der Waals surface area (Å²) in [6.45, 7) is 2.00. The van der Waals surface area contributed by atoms with Crippen LogP contribution in [0.2, 0.25) is 0 Å². The first-order chi connectivity index (χ1) is 15.8. The van der Waals surface area contributed by atoms with Crippen LogP contribution in [0.1, 0.15) is 15.9 Å². The number of carbonyl (C=O) groups is 1. The van der Waals surface area contributed by atoms with Gasteiger partial charge in [-0.1, -0.05) is 48.0 Å². The molecule has 4 aromatic carbocycles. The summed E-state index contributed by atoms with van der Waals surface area (Å²) in [5, 5.41) is 8.27. The lowest BCUT2D eigenvalue weighted by Gasteiger charge is -2.12. The summed E-state index contributed by atoms with van der Waals surface area (Å²) in [6, 6.07) is 26.3. The molecule has 166 valence electrons. The van der Waals surface area contributed by atoms with Gasteiger partial charge in [0.15, 0.2) is 5.11 Å². The number of thiocarbonyl (C=S) groups is 1. The lowest BCUT2D eigenvalue weighted by atomic mass is 10.1. The summed E-state index contributed by atoms with van der Waals surface area (Å²) in [7, 11) is -4.03. The van der Waals surface area contributed by atoms with Crippen molar-refractivity contribution in [3.8, 4) is 0 Å². The van der Waals surface area contributed by atoms with Gasteiger partial charge in [0.1, 0.15) is 0 Å². The van der Waals surface area contributed by atoms with Crippen LogP contribution in [0.5, 0.6) is 0 Å². The highest BCUT2D eigenvalue weighted by Crippen LogP contribution is 2.18. The molecule has 3 N–H and O–H groups in total. The van der Waals surface area contributed by atoms with E-state index in [0.29, 0.717) is 10.8 Å². The SMILES string of the molecule is Cc1ccc(NC(=S)Nc2ccc(S(=O)(=O)NC(=O)c3ccc4ccccc4c3)cc2)cc1. The minimum Gasteiger partial charge on any atom is -0.332 e. The normalized spacial score (nSPS) is 11.1. The van der Waals surface area contributed by atoms with E-state index in [0.717, 1.165) is 22.0 Å². The van der Waals surface area contributed by atoms with Crippen LogP contribution in [-0.2, 0) is 10.0 Å². The Balaban J connectivity index is 1.41. The van der Waals surface area contributed by atoms with Crippen LogP contribution in [0, 0.1) is 6.92 Å². The fraction of sp³-hybridized carbons (Fsp3) is 0.0400. The summed E-state index contributed by atoms with van der Waals surface area (Å²) >= 11 is 5.30. The molecule has 8 heteroatoms. The van der Waals surface area contributed by atoms with E-state index in [1.54, 1.807) is 30.3 Å². The maximum atomic E-state index is 12.7. The molecule has 4 rings (SSSR count). The summed E-state index contributed by atoms with van der Waals surface area (Å²) in [5.74, 6) is -0.688. The van der Waals surface area contributed by atoms with Crippen LogP contribution >= 0.6 is 12.2 Å². The molecule has 0 saturated carbocycles. The number of hydrogen-bond donors (Lipinski definition) is 3. The smallest absolute Gasteiger partial charge is 0.265 e. The van der Waals surface area contributed by atoms with Gasteiger partial charge in [0, 0.05) is 16.9 Å². The van der Waals surface area contributed by atoms with Gasteiger partial charge in [-0.2, -0.15) is 0 Å². The van der Waals surface area contributed by atoms with E-state index in [1.165, 1.54) is 12.1 Å². The largest absolute Gasteiger partial charge is 0.332 e. The van der Waals surface area contributed by atoms with Crippen molar-refractivity contribution in [2.75, 3.05) is 10.6 Å². The molecule has 33 heavy (non-hydrogen) atoms. The maximum absolute atomic E-state index is 12.7. The van der Waals surface area contributed by atoms with Crippen molar-refractivity contribution in [3.05, 3.63) is 102 Å². The molecular formula is C25H21N3O3S2. The summed E-state index contributed by atoms with van der Waals surface area (Å²) in [4.78, 5) is 12.5. The number of benzene rings is 4. The Labute approximate surface area is 197 Å². The number of sulfonamides is 1. The molecule has 4 aromatic rings. The predicted molar refractivity (Wildman–Crippen MR) is 136 cm³/mol. The van der Waals surface area contributed by atoms with E-state index in [1.807, 2.05) is 55.5 Å². The summed E-state index contributed by atoms with van der Waals surface area (Å²) in [5.41, 5.74) is 2.86. The summed E-state index contributed by atoms with van der Waals surface area (Å²) in [6.07, 6.45) is 0. The first kappa shape index (κ1) is 22.4. The minimum atomic E-state index is -4.03. The van der Waals surface area contributed by atoms with Crippen molar-refractivity contribution in [1.82, 2.24) is 4.72 Å². The minimum absolute atomic E-state index is 0.0281. The van der Waals surface area contributed by atoms with Gasteiger partial charge in [-0.15, -0.1) is 0 Å². The molecule has 0 unspecified atom stereocenters. The van der Waals surface area contributed by atoms with Crippen LogP contribution in [0.4, 0.5) is 11.4 Å². The van der Waals surface area contributed by atoms with Crippen molar-refractivity contribution < 1.29 is 13.2 Å². The monoisotopic (exact) mass is 475 g/mol. The van der Waals surface area contributed by atoms with Crippen LogP contribution in [-0.4, -0.2) is 19.4 Å².